The minimum Gasteiger partial charge on any atom is -0.497 e. The number of benzene rings is 2. The summed E-state index contributed by atoms with van der Waals surface area (Å²) in [7, 11) is 1.66. The zero-order valence-electron chi connectivity index (χ0n) is 17.8. The van der Waals surface area contributed by atoms with Crippen LogP contribution in [0.15, 0.2) is 48.5 Å². The fraction of sp³-hybridized carbons (Fsp3) is 0.333. The van der Waals surface area contributed by atoms with Crippen molar-refractivity contribution in [1.29, 1.82) is 0 Å². The van der Waals surface area contributed by atoms with Crippen molar-refractivity contribution < 1.29 is 13.9 Å². The molecule has 3 aromatic rings. The second kappa shape index (κ2) is 9.47. The van der Waals surface area contributed by atoms with Gasteiger partial charge in [-0.25, -0.2) is 9.37 Å². The van der Waals surface area contributed by atoms with Gasteiger partial charge in [0.05, 0.1) is 17.8 Å². The summed E-state index contributed by atoms with van der Waals surface area (Å²) < 4.78 is 18.4. The molecule has 4 rings (SSSR count). The number of ether oxygens (including phenoxy) is 1. The van der Waals surface area contributed by atoms with Crippen LogP contribution in [-0.4, -0.2) is 49.1 Å². The number of methoxy groups -OCH3 is 1. The molecule has 1 amide bonds. The Labute approximate surface area is 186 Å². The summed E-state index contributed by atoms with van der Waals surface area (Å²) in [6.45, 7) is 5.00. The van der Waals surface area contributed by atoms with Crippen molar-refractivity contribution in [2.24, 2.45) is 0 Å². The Morgan fingerprint density at radius 1 is 1.06 bits per heavy atom. The zero-order chi connectivity index (χ0) is 21.8. The molecule has 5 nitrogen and oxygen atoms in total. The second-order valence-electron chi connectivity index (χ2n) is 7.66. The van der Waals surface area contributed by atoms with Crippen molar-refractivity contribution >= 4 is 22.9 Å². The first-order chi connectivity index (χ1) is 15.0. The van der Waals surface area contributed by atoms with Gasteiger partial charge >= 0.3 is 0 Å². The molecule has 7 heteroatoms. The molecule has 0 radical (unpaired) electrons. The van der Waals surface area contributed by atoms with Crippen LogP contribution >= 0.6 is 11.3 Å². The summed E-state index contributed by atoms with van der Waals surface area (Å²) in [6.07, 6.45) is 1.52. The Bertz CT molecular complexity index is 1030. The van der Waals surface area contributed by atoms with Gasteiger partial charge in [-0.15, -0.1) is 11.3 Å². The van der Waals surface area contributed by atoms with Crippen LogP contribution < -0.4 is 9.64 Å². The largest absolute Gasteiger partial charge is 0.497 e. The number of rotatable bonds is 5. The van der Waals surface area contributed by atoms with Gasteiger partial charge in [-0.1, -0.05) is 12.1 Å². The number of carbonyl (C=O) groups is 1. The summed E-state index contributed by atoms with van der Waals surface area (Å²) in [5.41, 5.74) is 2.90. The fourth-order valence-electron chi connectivity index (χ4n) is 3.82. The molecule has 0 atom stereocenters. The predicted octanol–water partition coefficient (Wildman–Crippen LogP) is 4.54. The average molecular weight is 440 g/mol. The van der Waals surface area contributed by atoms with Gasteiger partial charge in [-0.3, -0.25) is 4.79 Å². The maximum atomic E-state index is 13.2. The number of hydrogen-bond acceptors (Lipinski definition) is 5. The lowest BCUT2D eigenvalue weighted by Crippen LogP contribution is -2.35. The minimum atomic E-state index is -0.250. The van der Waals surface area contributed by atoms with Gasteiger partial charge in [0.1, 0.15) is 16.4 Å². The van der Waals surface area contributed by atoms with E-state index in [1.54, 1.807) is 19.2 Å². The number of amides is 1. The third-order valence-corrected chi connectivity index (χ3v) is 6.67. The molecule has 1 saturated heterocycles. The molecule has 31 heavy (non-hydrogen) atoms. The highest BCUT2D eigenvalue weighted by Gasteiger charge is 2.24. The van der Waals surface area contributed by atoms with E-state index >= 15 is 0 Å². The highest BCUT2D eigenvalue weighted by molar-refractivity contribution is 7.13. The smallest absolute Gasteiger partial charge is 0.265 e. The first kappa shape index (κ1) is 21.3. The lowest BCUT2D eigenvalue weighted by molar-refractivity contribution is 0.0771. The van der Waals surface area contributed by atoms with Gasteiger partial charge in [0.25, 0.3) is 5.91 Å². The molecule has 0 saturated carbocycles. The minimum absolute atomic E-state index is 0.0527. The zero-order valence-corrected chi connectivity index (χ0v) is 18.6. The molecule has 2 aromatic carbocycles. The van der Waals surface area contributed by atoms with E-state index in [2.05, 4.69) is 22.0 Å². The van der Waals surface area contributed by atoms with Gasteiger partial charge in [0.15, 0.2) is 0 Å². The third kappa shape index (κ3) is 5.05. The normalized spacial score (nSPS) is 14.4. The van der Waals surface area contributed by atoms with Crippen LogP contribution in [0.1, 0.15) is 32.4 Å². The van der Waals surface area contributed by atoms with Gasteiger partial charge in [0, 0.05) is 38.3 Å². The van der Waals surface area contributed by atoms with E-state index in [1.165, 1.54) is 23.5 Å². The number of anilines is 1. The number of nitrogens with zero attached hydrogens (tertiary/aromatic N) is 3. The highest BCUT2D eigenvalue weighted by Crippen LogP contribution is 2.25. The highest BCUT2D eigenvalue weighted by atomic mass is 32.1. The van der Waals surface area contributed by atoms with Crippen LogP contribution in [0.5, 0.6) is 5.75 Å². The van der Waals surface area contributed by atoms with Gasteiger partial charge in [-0.05, 0) is 55.3 Å². The Kier molecular flexibility index (Phi) is 6.51. The first-order valence-corrected chi connectivity index (χ1v) is 11.2. The Hall–Kier alpha value is -2.93. The number of hydrogen-bond donors (Lipinski definition) is 0. The van der Waals surface area contributed by atoms with E-state index in [0.717, 1.165) is 53.8 Å². The quantitative estimate of drug-likeness (QED) is 0.586. The molecular formula is C24H26FN3O2S. The van der Waals surface area contributed by atoms with Crippen molar-refractivity contribution in [2.75, 3.05) is 38.2 Å². The summed E-state index contributed by atoms with van der Waals surface area (Å²) in [6, 6.07) is 14.5. The standard InChI is InChI=1S/C24H26FN3O2S/c1-17-23(31-22(26-17)16-18-4-6-19(25)7-5-18)24(29)28-13-3-12-27(14-15-28)20-8-10-21(30-2)11-9-20/h4-11H,3,12-16H2,1-2H3. The molecular weight excluding hydrogens is 413 g/mol. The SMILES string of the molecule is COc1ccc(N2CCCN(C(=O)c3sc(Cc4ccc(F)cc4)nc3C)CC2)cc1. The Morgan fingerprint density at radius 2 is 1.81 bits per heavy atom. The summed E-state index contributed by atoms with van der Waals surface area (Å²) in [5.74, 6) is 0.643. The molecule has 0 spiro atoms. The van der Waals surface area contributed by atoms with E-state index in [4.69, 9.17) is 4.74 Å². The topological polar surface area (TPSA) is 45.7 Å². The first-order valence-electron chi connectivity index (χ1n) is 10.4. The van der Waals surface area contributed by atoms with Crippen molar-refractivity contribution in [2.45, 2.75) is 19.8 Å². The molecule has 162 valence electrons. The van der Waals surface area contributed by atoms with Crippen LogP contribution in [0, 0.1) is 12.7 Å². The summed E-state index contributed by atoms with van der Waals surface area (Å²) >= 11 is 1.44. The van der Waals surface area contributed by atoms with Crippen molar-refractivity contribution in [3.05, 3.63) is 75.5 Å². The van der Waals surface area contributed by atoms with E-state index in [-0.39, 0.29) is 11.7 Å². The van der Waals surface area contributed by atoms with Crippen LogP contribution in [0.4, 0.5) is 10.1 Å². The molecule has 2 heterocycles. The maximum absolute atomic E-state index is 13.2. The predicted molar refractivity (Wildman–Crippen MR) is 122 cm³/mol. The number of thiazole rings is 1. The lowest BCUT2D eigenvalue weighted by atomic mass is 10.1. The van der Waals surface area contributed by atoms with Crippen LogP contribution in [0.3, 0.4) is 0 Å². The van der Waals surface area contributed by atoms with Gasteiger partial charge in [0.2, 0.25) is 0 Å². The lowest BCUT2D eigenvalue weighted by Gasteiger charge is -2.23. The Balaban J connectivity index is 1.42. The molecule has 0 bridgehead atoms. The molecule has 0 unspecified atom stereocenters. The number of aromatic nitrogens is 1. The summed E-state index contributed by atoms with van der Waals surface area (Å²) in [5, 5.41) is 0.877. The molecule has 1 aliphatic heterocycles. The summed E-state index contributed by atoms with van der Waals surface area (Å²) in [4.78, 5) is 22.8. The van der Waals surface area contributed by atoms with Crippen molar-refractivity contribution in [1.82, 2.24) is 9.88 Å². The van der Waals surface area contributed by atoms with E-state index in [0.29, 0.717) is 17.8 Å². The van der Waals surface area contributed by atoms with Gasteiger partial charge < -0.3 is 14.5 Å². The molecule has 0 aliphatic carbocycles. The van der Waals surface area contributed by atoms with Crippen molar-refractivity contribution in [3.8, 4) is 5.75 Å². The third-order valence-electron chi connectivity index (χ3n) is 5.52. The van der Waals surface area contributed by atoms with Crippen LogP contribution in [0.25, 0.3) is 0 Å². The number of halogens is 1. The van der Waals surface area contributed by atoms with Crippen LogP contribution in [0.2, 0.25) is 0 Å². The molecule has 1 fully saturated rings. The number of carbonyl (C=O) groups excluding carboxylic acids is 1. The van der Waals surface area contributed by atoms with E-state index < -0.39 is 0 Å². The maximum Gasteiger partial charge on any atom is 0.265 e. The Morgan fingerprint density at radius 3 is 2.52 bits per heavy atom. The monoisotopic (exact) mass is 439 g/mol. The van der Waals surface area contributed by atoms with Crippen LogP contribution in [-0.2, 0) is 6.42 Å². The van der Waals surface area contributed by atoms with E-state index in [1.807, 2.05) is 24.0 Å². The van der Waals surface area contributed by atoms with Crippen molar-refractivity contribution in [3.63, 3.8) is 0 Å². The van der Waals surface area contributed by atoms with E-state index in [9.17, 15) is 9.18 Å². The molecule has 0 N–H and O–H groups in total. The average Bonchev–Trinajstić information content (AvgIpc) is 2.99. The van der Waals surface area contributed by atoms with Gasteiger partial charge in [-0.2, -0.15) is 0 Å². The molecule has 1 aliphatic rings. The molecule has 1 aromatic heterocycles. The fourth-order valence-corrected chi connectivity index (χ4v) is 4.89. The second-order valence-corrected chi connectivity index (χ2v) is 8.74. The number of aryl methyl sites for hydroxylation is 1.